The Bertz CT molecular complexity index is 295. The number of hydrogen-bond acceptors (Lipinski definition) is 3. The van der Waals surface area contributed by atoms with Crippen molar-refractivity contribution in [1.29, 1.82) is 0 Å². The molecule has 1 rings (SSSR count). The van der Waals surface area contributed by atoms with Crippen molar-refractivity contribution >= 4 is 12.0 Å². The molecule has 0 aliphatic carbocycles. The van der Waals surface area contributed by atoms with Crippen molar-refractivity contribution in [2.75, 3.05) is 13.2 Å². The molecule has 6 heteroatoms. The van der Waals surface area contributed by atoms with Crippen LogP contribution in [-0.4, -0.2) is 52.3 Å². The summed E-state index contributed by atoms with van der Waals surface area (Å²) >= 11 is 0. The maximum Gasteiger partial charge on any atom is 0.328 e. The Labute approximate surface area is 101 Å². The fraction of sp³-hybridized carbons (Fsp3) is 0.818. The molecule has 3 N–H and O–H groups in total. The van der Waals surface area contributed by atoms with Gasteiger partial charge in [-0.3, -0.25) is 0 Å². The van der Waals surface area contributed by atoms with Crippen LogP contribution < -0.4 is 5.32 Å². The lowest BCUT2D eigenvalue weighted by molar-refractivity contribution is -0.140. The van der Waals surface area contributed by atoms with Gasteiger partial charge in [-0.2, -0.15) is 0 Å². The topological polar surface area (TPSA) is 89.9 Å². The average Bonchev–Trinajstić information content (AvgIpc) is 2.24. The number of carboxylic acid groups (broad SMARTS) is 1. The highest BCUT2D eigenvalue weighted by atomic mass is 16.4. The molecular weight excluding hydrogens is 224 g/mol. The number of amides is 2. The number of piperidine rings is 1. The van der Waals surface area contributed by atoms with Crippen LogP contribution in [0.25, 0.3) is 0 Å². The number of carbonyl (C=O) groups is 2. The first-order chi connectivity index (χ1) is 7.95. The zero-order valence-electron chi connectivity index (χ0n) is 10.2. The van der Waals surface area contributed by atoms with E-state index >= 15 is 0 Å². The van der Waals surface area contributed by atoms with Crippen LogP contribution in [0.2, 0.25) is 0 Å². The first-order valence-corrected chi connectivity index (χ1v) is 5.86. The van der Waals surface area contributed by atoms with Crippen LogP contribution in [0.3, 0.4) is 0 Å². The number of aliphatic hydroxyl groups is 1. The minimum Gasteiger partial charge on any atom is -0.480 e. The molecule has 0 spiro atoms. The van der Waals surface area contributed by atoms with Crippen molar-refractivity contribution in [1.82, 2.24) is 10.2 Å². The van der Waals surface area contributed by atoms with Gasteiger partial charge < -0.3 is 20.4 Å². The molecular formula is C11H20N2O4. The lowest BCUT2D eigenvalue weighted by Crippen LogP contribution is -2.54. The summed E-state index contributed by atoms with van der Waals surface area (Å²) in [5.41, 5.74) is 0. The van der Waals surface area contributed by atoms with Gasteiger partial charge >= 0.3 is 12.0 Å². The molecule has 98 valence electrons. The molecule has 1 aliphatic rings. The number of rotatable bonds is 3. The number of aliphatic hydroxyl groups excluding tert-OH is 1. The molecule has 0 aromatic rings. The third-order valence-corrected chi connectivity index (χ3v) is 3.18. The zero-order chi connectivity index (χ0) is 13.0. The van der Waals surface area contributed by atoms with E-state index in [1.807, 2.05) is 6.92 Å². The van der Waals surface area contributed by atoms with Gasteiger partial charge in [-0.15, -0.1) is 0 Å². The molecule has 0 aromatic heterocycles. The second-order valence-electron chi connectivity index (χ2n) is 4.69. The number of nitrogens with zero attached hydrogens (tertiary/aromatic N) is 1. The van der Waals surface area contributed by atoms with Crippen molar-refractivity contribution in [3.05, 3.63) is 0 Å². The maximum atomic E-state index is 11.8. The van der Waals surface area contributed by atoms with Gasteiger partial charge in [0.1, 0.15) is 0 Å². The molecule has 1 aliphatic heterocycles. The molecule has 1 saturated heterocycles. The summed E-state index contributed by atoms with van der Waals surface area (Å²) in [6.45, 7) is 4.12. The maximum absolute atomic E-state index is 11.8. The van der Waals surface area contributed by atoms with Crippen LogP contribution in [0, 0.1) is 5.92 Å². The van der Waals surface area contributed by atoms with E-state index in [9.17, 15) is 9.59 Å². The van der Waals surface area contributed by atoms with Gasteiger partial charge in [0.15, 0.2) is 6.04 Å². The van der Waals surface area contributed by atoms with E-state index in [1.54, 1.807) is 4.90 Å². The van der Waals surface area contributed by atoms with Gasteiger partial charge in [-0.1, -0.05) is 6.92 Å². The number of likely N-dealkylation sites (tertiary alicyclic amines) is 1. The highest BCUT2D eigenvalue weighted by molar-refractivity contribution is 5.82. The molecule has 0 radical (unpaired) electrons. The molecule has 0 bridgehead atoms. The van der Waals surface area contributed by atoms with Crippen molar-refractivity contribution in [2.45, 2.75) is 38.8 Å². The quantitative estimate of drug-likeness (QED) is 0.664. The molecule has 2 amide bonds. The summed E-state index contributed by atoms with van der Waals surface area (Å²) in [6, 6.07) is -1.54. The van der Waals surface area contributed by atoms with E-state index in [0.29, 0.717) is 12.5 Å². The Hall–Kier alpha value is -1.30. The van der Waals surface area contributed by atoms with E-state index in [2.05, 4.69) is 12.2 Å². The predicted molar refractivity (Wildman–Crippen MR) is 61.6 cm³/mol. The van der Waals surface area contributed by atoms with Crippen LogP contribution in [-0.2, 0) is 4.79 Å². The van der Waals surface area contributed by atoms with Gasteiger partial charge in [0.25, 0.3) is 0 Å². The van der Waals surface area contributed by atoms with Crippen LogP contribution in [0.1, 0.15) is 26.7 Å². The molecule has 6 nitrogen and oxygen atoms in total. The van der Waals surface area contributed by atoms with Gasteiger partial charge in [-0.25, -0.2) is 9.59 Å². The normalized spacial score (nSPS) is 26.4. The second-order valence-corrected chi connectivity index (χ2v) is 4.69. The van der Waals surface area contributed by atoms with Crippen molar-refractivity contribution in [3.63, 3.8) is 0 Å². The van der Waals surface area contributed by atoms with Crippen molar-refractivity contribution in [3.8, 4) is 0 Å². The number of carboxylic acids is 1. The Morgan fingerprint density at radius 3 is 2.59 bits per heavy atom. The van der Waals surface area contributed by atoms with E-state index < -0.39 is 24.6 Å². The summed E-state index contributed by atoms with van der Waals surface area (Å²) in [7, 11) is 0. The van der Waals surface area contributed by atoms with Crippen LogP contribution in [0.4, 0.5) is 4.79 Å². The van der Waals surface area contributed by atoms with E-state index in [1.165, 1.54) is 0 Å². The third-order valence-electron chi connectivity index (χ3n) is 3.18. The summed E-state index contributed by atoms with van der Waals surface area (Å²) < 4.78 is 0. The highest BCUT2D eigenvalue weighted by Gasteiger charge is 2.29. The van der Waals surface area contributed by atoms with Gasteiger partial charge in [-0.05, 0) is 25.7 Å². The summed E-state index contributed by atoms with van der Waals surface area (Å²) in [4.78, 5) is 24.1. The summed E-state index contributed by atoms with van der Waals surface area (Å²) in [6.07, 6.45) is 1.85. The van der Waals surface area contributed by atoms with E-state index in [4.69, 9.17) is 10.2 Å². The minimum absolute atomic E-state index is 0.104. The number of nitrogens with one attached hydrogen (secondary N) is 1. The molecule has 1 heterocycles. The number of carbonyl (C=O) groups excluding carboxylic acids is 1. The molecule has 1 fully saturated rings. The van der Waals surface area contributed by atoms with E-state index in [0.717, 1.165) is 12.8 Å². The van der Waals surface area contributed by atoms with Gasteiger partial charge in [0, 0.05) is 12.6 Å². The lowest BCUT2D eigenvalue weighted by Gasteiger charge is -2.36. The molecule has 17 heavy (non-hydrogen) atoms. The summed E-state index contributed by atoms with van der Waals surface area (Å²) in [5.74, 6) is -0.638. The number of hydrogen-bond donors (Lipinski definition) is 3. The second kappa shape index (κ2) is 5.86. The average molecular weight is 244 g/mol. The Kier molecular flexibility index (Phi) is 4.74. The number of aliphatic carboxylic acids is 1. The highest BCUT2D eigenvalue weighted by Crippen LogP contribution is 2.21. The SMILES string of the molecule is CC1CCN(C(=O)NC(CO)C(=O)O)C(C)C1. The standard InChI is InChI=1S/C11H20N2O4/c1-7-3-4-13(8(2)5-7)11(17)12-9(6-14)10(15)16/h7-9,14H,3-6H2,1-2H3,(H,12,17)(H,15,16). The first-order valence-electron chi connectivity index (χ1n) is 5.86. The Morgan fingerprint density at radius 1 is 1.47 bits per heavy atom. The fourth-order valence-electron chi connectivity index (χ4n) is 2.13. The monoisotopic (exact) mass is 244 g/mol. The molecule has 3 atom stereocenters. The third kappa shape index (κ3) is 3.59. The Morgan fingerprint density at radius 2 is 2.12 bits per heavy atom. The van der Waals surface area contributed by atoms with Crippen molar-refractivity contribution < 1.29 is 19.8 Å². The van der Waals surface area contributed by atoms with Crippen molar-refractivity contribution in [2.24, 2.45) is 5.92 Å². The first kappa shape index (κ1) is 13.8. The van der Waals surface area contributed by atoms with Crippen LogP contribution >= 0.6 is 0 Å². The molecule has 0 saturated carbocycles. The van der Waals surface area contributed by atoms with Crippen LogP contribution in [0.5, 0.6) is 0 Å². The van der Waals surface area contributed by atoms with Gasteiger partial charge in [0.05, 0.1) is 6.61 Å². The summed E-state index contributed by atoms with van der Waals surface area (Å²) in [5, 5.41) is 19.9. The molecule has 3 unspecified atom stereocenters. The smallest absolute Gasteiger partial charge is 0.328 e. The number of urea groups is 1. The predicted octanol–water partition coefficient (Wildman–Crippen LogP) is 0.262. The van der Waals surface area contributed by atoms with E-state index in [-0.39, 0.29) is 6.04 Å². The lowest BCUT2D eigenvalue weighted by atomic mass is 9.94. The van der Waals surface area contributed by atoms with Crippen LogP contribution in [0.15, 0.2) is 0 Å². The largest absolute Gasteiger partial charge is 0.480 e. The van der Waals surface area contributed by atoms with Gasteiger partial charge in [0.2, 0.25) is 0 Å². The fourth-order valence-corrected chi connectivity index (χ4v) is 2.13. The Balaban J connectivity index is 2.55. The molecule has 0 aromatic carbocycles. The zero-order valence-corrected chi connectivity index (χ0v) is 10.2. The minimum atomic E-state index is -1.23.